The van der Waals surface area contributed by atoms with Crippen molar-refractivity contribution < 1.29 is 4.79 Å². The fourth-order valence-electron chi connectivity index (χ4n) is 2.56. The lowest BCUT2D eigenvalue weighted by molar-refractivity contribution is -0.115. The maximum Gasteiger partial charge on any atom is 0.226 e. The second-order valence-corrected chi connectivity index (χ2v) is 5.05. The van der Waals surface area contributed by atoms with Crippen LogP contribution in [0.2, 0.25) is 0 Å². The molecule has 20 heavy (non-hydrogen) atoms. The number of anilines is 2. The van der Waals surface area contributed by atoms with Crippen LogP contribution in [-0.2, 0) is 17.6 Å². The fourth-order valence-corrected chi connectivity index (χ4v) is 2.56. The van der Waals surface area contributed by atoms with Crippen molar-refractivity contribution in [3.8, 4) is 0 Å². The first-order valence-electron chi connectivity index (χ1n) is 7.02. The van der Waals surface area contributed by atoms with Crippen LogP contribution in [0.25, 0.3) is 0 Å². The number of rotatable bonds is 3. The van der Waals surface area contributed by atoms with Crippen molar-refractivity contribution >= 4 is 17.3 Å². The Morgan fingerprint density at radius 3 is 2.65 bits per heavy atom. The smallest absolute Gasteiger partial charge is 0.226 e. The van der Waals surface area contributed by atoms with E-state index in [1.54, 1.807) is 0 Å². The summed E-state index contributed by atoms with van der Waals surface area (Å²) < 4.78 is 0. The summed E-state index contributed by atoms with van der Waals surface area (Å²) in [5.41, 5.74) is 4.57. The Labute approximate surface area is 119 Å². The van der Waals surface area contributed by atoms with Crippen LogP contribution in [-0.4, -0.2) is 12.5 Å². The summed E-state index contributed by atoms with van der Waals surface area (Å²) in [5, 5.41) is 6.34. The number of amides is 1. The summed E-state index contributed by atoms with van der Waals surface area (Å²) in [6, 6.07) is 16.6. The van der Waals surface area contributed by atoms with Gasteiger partial charge in [0.05, 0.1) is 11.4 Å². The molecule has 1 heterocycles. The lowest BCUT2D eigenvalue weighted by atomic mass is 10.0. The largest absolute Gasteiger partial charge is 0.383 e. The van der Waals surface area contributed by atoms with Crippen LogP contribution < -0.4 is 10.6 Å². The molecule has 0 aromatic heterocycles. The molecule has 0 bridgehead atoms. The molecule has 0 atom stereocenters. The maximum atomic E-state index is 11.6. The van der Waals surface area contributed by atoms with Gasteiger partial charge in [0.25, 0.3) is 0 Å². The molecule has 1 amide bonds. The van der Waals surface area contributed by atoms with Gasteiger partial charge in [-0.2, -0.15) is 0 Å². The standard InChI is InChI=1S/C17H18N2O/c20-16-11-12-18-17-14(7-4-8-15(17)19-16)10-9-13-5-2-1-3-6-13/h1-8,18H,9-12H2,(H,19,20). The van der Waals surface area contributed by atoms with Gasteiger partial charge in [-0.1, -0.05) is 42.5 Å². The molecule has 0 radical (unpaired) electrons. The van der Waals surface area contributed by atoms with Gasteiger partial charge in [-0.15, -0.1) is 0 Å². The van der Waals surface area contributed by atoms with Crippen molar-refractivity contribution in [2.75, 3.05) is 17.2 Å². The molecule has 0 saturated heterocycles. The molecule has 0 unspecified atom stereocenters. The highest BCUT2D eigenvalue weighted by atomic mass is 16.1. The zero-order chi connectivity index (χ0) is 13.8. The third-order valence-electron chi connectivity index (χ3n) is 3.60. The summed E-state index contributed by atoms with van der Waals surface area (Å²) in [6.45, 7) is 0.696. The van der Waals surface area contributed by atoms with Gasteiger partial charge in [0.15, 0.2) is 0 Å². The Hall–Kier alpha value is -2.29. The van der Waals surface area contributed by atoms with Crippen LogP contribution in [0.3, 0.4) is 0 Å². The monoisotopic (exact) mass is 266 g/mol. The van der Waals surface area contributed by atoms with E-state index in [0.717, 1.165) is 24.2 Å². The van der Waals surface area contributed by atoms with Crippen LogP contribution >= 0.6 is 0 Å². The summed E-state index contributed by atoms with van der Waals surface area (Å²) in [4.78, 5) is 11.6. The number of nitrogens with one attached hydrogen (secondary N) is 2. The Kier molecular flexibility index (Phi) is 3.68. The van der Waals surface area contributed by atoms with Crippen molar-refractivity contribution in [2.45, 2.75) is 19.3 Å². The molecule has 0 saturated carbocycles. The highest BCUT2D eigenvalue weighted by Crippen LogP contribution is 2.29. The molecule has 102 valence electrons. The number of carbonyl (C=O) groups excluding carboxylic acids is 1. The first kappa shape index (κ1) is 12.7. The van der Waals surface area contributed by atoms with Crippen LogP contribution in [0.15, 0.2) is 48.5 Å². The first-order valence-corrected chi connectivity index (χ1v) is 7.02. The molecule has 2 aromatic carbocycles. The van der Waals surface area contributed by atoms with Gasteiger partial charge in [0.1, 0.15) is 0 Å². The number of hydrogen-bond donors (Lipinski definition) is 2. The van der Waals surface area contributed by atoms with Gasteiger partial charge in [0, 0.05) is 13.0 Å². The normalized spacial score (nSPS) is 13.9. The van der Waals surface area contributed by atoms with Crippen LogP contribution in [0.4, 0.5) is 11.4 Å². The average molecular weight is 266 g/mol. The van der Waals surface area contributed by atoms with E-state index < -0.39 is 0 Å². The topological polar surface area (TPSA) is 41.1 Å². The van der Waals surface area contributed by atoms with Gasteiger partial charge in [-0.3, -0.25) is 4.79 Å². The third kappa shape index (κ3) is 2.82. The molecule has 1 aliphatic heterocycles. The van der Waals surface area contributed by atoms with E-state index in [2.05, 4.69) is 41.0 Å². The minimum absolute atomic E-state index is 0.0801. The van der Waals surface area contributed by atoms with Crippen molar-refractivity contribution in [1.82, 2.24) is 0 Å². The van der Waals surface area contributed by atoms with Crippen LogP contribution in [0.5, 0.6) is 0 Å². The minimum atomic E-state index is 0.0801. The van der Waals surface area contributed by atoms with E-state index >= 15 is 0 Å². The molecule has 0 aliphatic carbocycles. The van der Waals surface area contributed by atoms with Gasteiger partial charge >= 0.3 is 0 Å². The van der Waals surface area contributed by atoms with E-state index in [9.17, 15) is 4.79 Å². The van der Waals surface area contributed by atoms with Crippen molar-refractivity contribution in [1.29, 1.82) is 0 Å². The lowest BCUT2D eigenvalue weighted by Gasteiger charge is -2.13. The predicted octanol–water partition coefficient (Wildman–Crippen LogP) is 3.23. The van der Waals surface area contributed by atoms with Gasteiger partial charge in [0.2, 0.25) is 5.91 Å². The first-order chi connectivity index (χ1) is 9.83. The number of benzene rings is 2. The Balaban J connectivity index is 1.80. The van der Waals surface area contributed by atoms with Crippen molar-refractivity contribution in [2.24, 2.45) is 0 Å². The summed E-state index contributed by atoms with van der Waals surface area (Å²) in [6.07, 6.45) is 2.50. The second-order valence-electron chi connectivity index (χ2n) is 5.05. The van der Waals surface area contributed by atoms with E-state index in [0.29, 0.717) is 13.0 Å². The van der Waals surface area contributed by atoms with E-state index in [1.807, 2.05) is 18.2 Å². The predicted molar refractivity (Wildman–Crippen MR) is 82.0 cm³/mol. The molecular weight excluding hydrogens is 248 g/mol. The molecule has 3 heteroatoms. The highest BCUT2D eigenvalue weighted by Gasteiger charge is 2.14. The SMILES string of the molecule is O=C1CCNc2c(CCc3ccccc3)cccc2N1. The lowest BCUT2D eigenvalue weighted by Crippen LogP contribution is -2.10. The molecule has 2 aromatic rings. The van der Waals surface area contributed by atoms with Crippen molar-refractivity contribution in [3.63, 3.8) is 0 Å². The quantitative estimate of drug-likeness (QED) is 0.895. The van der Waals surface area contributed by atoms with Crippen molar-refractivity contribution in [3.05, 3.63) is 59.7 Å². The van der Waals surface area contributed by atoms with E-state index in [4.69, 9.17) is 0 Å². The number of hydrogen-bond acceptors (Lipinski definition) is 2. The molecule has 1 aliphatic rings. The molecule has 2 N–H and O–H groups in total. The number of aryl methyl sites for hydroxylation is 2. The molecule has 0 spiro atoms. The second kappa shape index (κ2) is 5.78. The third-order valence-corrected chi connectivity index (χ3v) is 3.60. The van der Waals surface area contributed by atoms with E-state index in [1.165, 1.54) is 11.1 Å². The maximum absolute atomic E-state index is 11.6. The van der Waals surface area contributed by atoms with Gasteiger partial charge < -0.3 is 10.6 Å². The molecular formula is C17H18N2O. The molecule has 0 fully saturated rings. The molecule has 3 nitrogen and oxygen atoms in total. The van der Waals surface area contributed by atoms with E-state index in [-0.39, 0.29) is 5.91 Å². The fraction of sp³-hybridized carbons (Fsp3) is 0.235. The summed E-state index contributed by atoms with van der Waals surface area (Å²) in [5.74, 6) is 0.0801. The van der Waals surface area contributed by atoms with Gasteiger partial charge in [-0.05, 0) is 30.0 Å². The average Bonchev–Trinajstić information content (AvgIpc) is 2.67. The Morgan fingerprint density at radius 1 is 0.950 bits per heavy atom. The Morgan fingerprint density at radius 2 is 1.80 bits per heavy atom. The highest BCUT2D eigenvalue weighted by molar-refractivity contribution is 5.96. The van der Waals surface area contributed by atoms with Crippen LogP contribution in [0, 0.1) is 0 Å². The number of fused-ring (bicyclic) bond motifs is 1. The zero-order valence-corrected chi connectivity index (χ0v) is 11.4. The molecule has 3 rings (SSSR count). The minimum Gasteiger partial charge on any atom is -0.383 e. The summed E-state index contributed by atoms with van der Waals surface area (Å²) >= 11 is 0. The number of carbonyl (C=O) groups is 1. The Bertz CT molecular complexity index is 608. The summed E-state index contributed by atoms with van der Waals surface area (Å²) in [7, 11) is 0. The van der Waals surface area contributed by atoms with Gasteiger partial charge in [-0.25, -0.2) is 0 Å². The van der Waals surface area contributed by atoms with Crippen LogP contribution in [0.1, 0.15) is 17.5 Å². The number of para-hydroxylation sites is 1. The zero-order valence-electron chi connectivity index (χ0n) is 11.4.